The minimum Gasteiger partial charge on any atom is -0.443 e. The summed E-state index contributed by atoms with van der Waals surface area (Å²) in [4.78, 5) is 20.3. The molecule has 190 valence electrons. The molecule has 0 bridgehead atoms. The molecule has 1 amide bonds. The number of carbonyl (C=O) groups is 1. The molecule has 2 aromatic carbocycles. The maximum Gasteiger partial charge on any atom is 0.414 e. The number of benzene rings is 2. The number of nitrogens with zero attached hydrogens (tertiary/aromatic N) is 5. The molecule has 2 aliphatic rings. The Kier molecular flexibility index (Phi) is 6.68. The van der Waals surface area contributed by atoms with Gasteiger partial charge >= 0.3 is 6.09 Å². The van der Waals surface area contributed by atoms with Gasteiger partial charge in [-0.15, -0.1) is 0 Å². The van der Waals surface area contributed by atoms with E-state index >= 15 is 0 Å². The van der Waals surface area contributed by atoms with E-state index in [1.54, 1.807) is 24.0 Å². The van der Waals surface area contributed by atoms with E-state index in [9.17, 15) is 17.6 Å². The Balaban J connectivity index is 1.16. The molecule has 3 aromatic rings. The molecular weight excluding hydrogens is 513 g/mol. The molecule has 1 unspecified atom stereocenters. The van der Waals surface area contributed by atoms with E-state index in [-0.39, 0.29) is 29.1 Å². The molecule has 5 rings (SSSR count). The average Bonchev–Trinajstić information content (AvgIpc) is 3.46. The Morgan fingerprint density at radius 3 is 2.47 bits per heavy atom. The molecule has 0 radical (unpaired) electrons. The standard InChI is InChI=1S/C23H23ClFN5O5S/c1-15-26-22(27-35-15)16-2-4-17(5-3-16)30-14-18(34-23(30)31)13-28-8-10-29(11-9-28)36(32,33)19-6-7-21(25)20(24)12-19/h2-7,12,18H,8-11,13-14H2,1H3. The molecule has 10 nitrogen and oxygen atoms in total. The van der Waals surface area contributed by atoms with Crippen LogP contribution in [0.15, 0.2) is 51.9 Å². The smallest absolute Gasteiger partial charge is 0.414 e. The fourth-order valence-corrected chi connectivity index (χ4v) is 5.96. The van der Waals surface area contributed by atoms with Crippen LogP contribution in [-0.2, 0) is 14.8 Å². The van der Waals surface area contributed by atoms with Crippen molar-refractivity contribution in [2.45, 2.75) is 17.9 Å². The highest BCUT2D eigenvalue weighted by Crippen LogP contribution is 2.26. The topological polar surface area (TPSA) is 109 Å². The predicted molar refractivity (Wildman–Crippen MR) is 129 cm³/mol. The molecule has 0 saturated carbocycles. The van der Waals surface area contributed by atoms with E-state index in [1.165, 1.54) is 10.4 Å². The third-order valence-electron chi connectivity index (χ3n) is 6.16. The van der Waals surface area contributed by atoms with Crippen molar-refractivity contribution in [2.75, 3.05) is 44.2 Å². The van der Waals surface area contributed by atoms with Crippen molar-refractivity contribution >= 4 is 33.4 Å². The van der Waals surface area contributed by atoms with Crippen LogP contribution in [0.1, 0.15) is 5.89 Å². The van der Waals surface area contributed by atoms with Gasteiger partial charge in [-0.2, -0.15) is 9.29 Å². The summed E-state index contributed by atoms with van der Waals surface area (Å²) >= 11 is 5.76. The highest BCUT2D eigenvalue weighted by Gasteiger charge is 2.35. The highest BCUT2D eigenvalue weighted by molar-refractivity contribution is 7.89. The number of carbonyl (C=O) groups excluding carboxylic acids is 1. The monoisotopic (exact) mass is 535 g/mol. The van der Waals surface area contributed by atoms with Gasteiger partial charge in [0.15, 0.2) is 0 Å². The Labute approximate surface area is 212 Å². The second kappa shape index (κ2) is 9.77. The molecule has 1 atom stereocenters. The van der Waals surface area contributed by atoms with Crippen molar-refractivity contribution in [3.63, 3.8) is 0 Å². The van der Waals surface area contributed by atoms with Gasteiger partial charge in [-0.05, 0) is 42.5 Å². The van der Waals surface area contributed by atoms with E-state index in [0.29, 0.717) is 43.6 Å². The first-order valence-corrected chi connectivity index (χ1v) is 13.1. The minimum absolute atomic E-state index is 0.0387. The molecule has 2 saturated heterocycles. The summed E-state index contributed by atoms with van der Waals surface area (Å²) in [5.74, 6) is 0.279. The van der Waals surface area contributed by atoms with Gasteiger partial charge in [0.25, 0.3) is 0 Å². The summed E-state index contributed by atoms with van der Waals surface area (Å²) in [7, 11) is -3.78. The molecule has 1 aromatic heterocycles. The maximum absolute atomic E-state index is 13.4. The van der Waals surface area contributed by atoms with Crippen molar-refractivity contribution < 1.29 is 26.9 Å². The van der Waals surface area contributed by atoms with Gasteiger partial charge in [0.1, 0.15) is 11.9 Å². The van der Waals surface area contributed by atoms with E-state index in [2.05, 4.69) is 15.0 Å². The lowest BCUT2D eigenvalue weighted by Gasteiger charge is -2.34. The number of anilines is 1. The molecule has 36 heavy (non-hydrogen) atoms. The predicted octanol–water partition coefficient (Wildman–Crippen LogP) is 3.17. The van der Waals surface area contributed by atoms with Crippen molar-refractivity contribution in [1.29, 1.82) is 0 Å². The van der Waals surface area contributed by atoms with E-state index in [0.717, 1.165) is 17.7 Å². The second-order valence-corrected chi connectivity index (χ2v) is 10.9. The summed E-state index contributed by atoms with van der Waals surface area (Å²) < 4.78 is 51.1. The van der Waals surface area contributed by atoms with E-state index < -0.39 is 21.9 Å². The van der Waals surface area contributed by atoms with Gasteiger partial charge in [0, 0.05) is 50.9 Å². The summed E-state index contributed by atoms with van der Waals surface area (Å²) in [6.45, 7) is 4.05. The van der Waals surface area contributed by atoms with Crippen molar-refractivity contribution in [3.05, 3.63) is 59.2 Å². The number of aromatic nitrogens is 2. The fraction of sp³-hybridized carbons (Fsp3) is 0.348. The average molecular weight is 536 g/mol. The Bertz CT molecular complexity index is 1380. The van der Waals surface area contributed by atoms with Crippen LogP contribution in [0.2, 0.25) is 5.02 Å². The molecule has 0 aliphatic carbocycles. The lowest BCUT2D eigenvalue weighted by Crippen LogP contribution is -2.50. The fourth-order valence-electron chi connectivity index (χ4n) is 4.26. The minimum atomic E-state index is -3.78. The van der Waals surface area contributed by atoms with Crippen LogP contribution in [0.3, 0.4) is 0 Å². The molecule has 13 heteroatoms. The quantitative estimate of drug-likeness (QED) is 0.473. The lowest BCUT2D eigenvalue weighted by atomic mass is 10.2. The zero-order valence-corrected chi connectivity index (χ0v) is 20.9. The molecular formula is C23H23ClFN5O5S. The number of cyclic esters (lactones) is 1. The molecule has 0 N–H and O–H groups in total. The molecule has 2 fully saturated rings. The van der Waals surface area contributed by atoms with Gasteiger partial charge in [0.2, 0.25) is 21.7 Å². The van der Waals surface area contributed by atoms with E-state index in [4.69, 9.17) is 20.9 Å². The van der Waals surface area contributed by atoms with Crippen LogP contribution in [0.4, 0.5) is 14.9 Å². The lowest BCUT2D eigenvalue weighted by molar-refractivity contribution is 0.0937. The largest absolute Gasteiger partial charge is 0.443 e. The highest BCUT2D eigenvalue weighted by atomic mass is 35.5. The number of rotatable bonds is 6. The molecule has 2 aliphatic heterocycles. The number of hydrogen-bond donors (Lipinski definition) is 0. The number of amides is 1. The first kappa shape index (κ1) is 24.6. The molecule has 0 spiro atoms. The van der Waals surface area contributed by atoms with Gasteiger partial charge in [-0.3, -0.25) is 9.80 Å². The number of piperazine rings is 1. The van der Waals surface area contributed by atoms with Gasteiger partial charge < -0.3 is 9.26 Å². The summed E-state index contributed by atoms with van der Waals surface area (Å²) in [5.41, 5.74) is 1.47. The van der Waals surface area contributed by atoms with Crippen molar-refractivity contribution in [3.8, 4) is 11.4 Å². The Hall–Kier alpha value is -3.06. The van der Waals surface area contributed by atoms with Crippen LogP contribution >= 0.6 is 11.6 Å². The Morgan fingerprint density at radius 1 is 1.11 bits per heavy atom. The van der Waals surface area contributed by atoms with Crippen molar-refractivity contribution in [1.82, 2.24) is 19.3 Å². The SMILES string of the molecule is Cc1nc(-c2ccc(N3CC(CN4CCN(S(=O)(=O)c5ccc(F)c(Cl)c5)CC4)OC3=O)cc2)no1. The zero-order valence-electron chi connectivity index (χ0n) is 19.3. The summed E-state index contributed by atoms with van der Waals surface area (Å²) in [6.07, 6.45) is -0.784. The molecule has 3 heterocycles. The number of ether oxygens (including phenoxy) is 1. The third-order valence-corrected chi connectivity index (χ3v) is 8.35. The maximum atomic E-state index is 13.4. The number of sulfonamides is 1. The number of halogens is 2. The van der Waals surface area contributed by atoms with Crippen LogP contribution in [0.25, 0.3) is 11.4 Å². The van der Waals surface area contributed by atoms with Crippen LogP contribution < -0.4 is 4.90 Å². The van der Waals surface area contributed by atoms with Crippen LogP contribution in [0, 0.1) is 12.7 Å². The van der Waals surface area contributed by atoms with Crippen molar-refractivity contribution in [2.24, 2.45) is 0 Å². The summed E-state index contributed by atoms with van der Waals surface area (Å²) in [5, 5.41) is 3.66. The first-order chi connectivity index (χ1) is 17.2. The number of hydrogen-bond acceptors (Lipinski definition) is 8. The van der Waals surface area contributed by atoms with Gasteiger partial charge in [-0.1, -0.05) is 16.8 Å². The zero-order chi connectivity index (χ0) is 25.4. The van der Waals surface area contributed by atoms with E-state index in [1.807, 2.05) is 12.1 Å². The Morgan fingerprint density at radius 2 is 1.83 bits per heavy atom. The van der Waals surface area contributed by atoms with Crippen LogP contribution in [0.5, 0.6) is 0 Å². The summed E-state index contributed by atoms with van der Waals surface area (Å²) in [6, 6.07) is 10.6. The third kappa shape index (κ3) is 4.94. The van der Waals surface area contributed by atoms with Gasteiger partial charge in [-0.25, -0.2) is 17.6 Å². The first-order valence-electron chi connectivity index (χ1n) is 11.3. The number of aryl methyl sites for hydroxylation is 1. The second-order valence-electron chi connectivity index (χ2n) is 8.58. The normalized spacial score (nSPS) is 19.6. The van der Waals surface area contributed by atoms with Gasteiger partial charge in [0.05, 0.1) is 16.5 Å². The van der Waals surface area contributed by atoms with Crippen LogP contribution in [-0.4, -0.2) is 79.2 Å².